The van der Waals surface area contributed by atoms with Crippen molar-refractivity contribution in [2.45, 2.75) is 76.4 Å². The van der Waals surface area contributed by atoms with Crippen molar-refractivity contribution in [1.29, 1.82) is 0 Å². The summed E-state index contributed by atoms with van der Waals surface area (Å²) in [4.78, 5) is 24.6. The molecule has 1 fully saturated rings. The quantitative estimate of drug-likeness (QED) is 0.0910. The number of carbonyl (C=O) groups is 2. The summed E-state index contributed by atoms with van der Waals surface area (Å²) in [5.41, 5.74) is 15.0. The van der Waals surface area contributed by atoms with Crippen LogP contribution in [0.1, 0.15) is 79.3 Å². The van der Waals surface area contributed by atoms with Crippen LogP contribution in [0.5, 0.6) is 0 Å². The first kappa shape index (κ1) is 30.0. The van der Waals surface area contributed by atoms with E-state index in [1.807, 2.05) is 12.1 Å². The van der Waals surface area contributed by atoms with Crippen LogP contribution in [-0.4, -0.2) is 37.4 Å². The number of anilines is 2. The lowest BCUT2D eigenvalue weighted by atomic mass is 9.95. The number of ether oxygens (including phenoxy) is 3. The van der Waals surface area contributed by atoms with Gasteiger partial charge in [0.25, 0.3) is 0 Å². The minimum atomic E-state index is -0.449. The Kier molecular flexibility index (Phi) is 12.6. The number of benzene rings is 2. The molecule has 2 aromatic rings. The third kappa shape index (κ3) is 11.0. The fourth-order valence-corrected chi connectivity index (χ4v) is 4.58. The first-order valence-electron chi connectivity index (χ1n) is 14.0. The molecule has 0 aliphatic heterocycles. The van der Waals surface area contributed by atoms with Gasteiger partial charge in [0.2, 0.25) is 0 Å². The maximum Gasteiger partial charge on any atom is 0.338 e. The van der Waals surface area contributed by atoms with E-state index in [9.17, 15) is 9.59 Å². The van der Waals surface area contributed by atoms with E-state index in [0.29, 0.717) is 23.4 Å². The van der Waals surface area contributed by atoms with E-state index in [2.05, 4.69) is 6.58 Å². The number of rotatable bonds is 15. The number of hydrogen-bond acceptors (Lipinski definition) is 7. The highest BCUT2D eigenvalue weighted by atomic mass is 16.5. The average Bonchev–Trinajstić information content (AvgIpc) is 2.94. The maximum absolute atomic E-state index is 12.6. The van der Waals surface area contributed by atoms with E-state index in [-0.39, 0.29) is 24.8 Å². The highest BCUT2D eigenvalue weighted by molar-refractivity contribution is 5.90. The molecule has 0 atom stereocenters. The minimum Gasteiger partial charge on any atom is -0.462 e. The van der Waals surface area contributed by atoms with Gasteiger partial charge >= 0.3 is 11.9 Å². The monoisotopic (exact) mass is 534 g/mol. The van der Waals surface area contributed by atoms with Crippen molar-refractivity contribution in [3.05, 3.63) is 77.9 Å². The van der Waals surface area contributed by atoms with Gasteiger partial charge in [-0.3, -0.25) is 0 Å². The molecule has 1 saturated carbocycles. The molecule has 0 aromatic heterocycles. The number of hydrogen-bond donors (Lipinski definition) is 2. The van der Waals surface area contributed by atoms with E-state index in [1.165, 1.54) is 25.3 Å². The lowest BCUT2D eigenvalue weighted by Crippen LogP contribution is -2.28. The molecular weight excluding hydrogens is 492 g/mol. The Hall–Kier alpha value is -3.58. The van der Waals surface area contributed by atoms with Crippen molar-refractivity contribution >= 4 is 29.4 Å². The van der Waals surface area contributed by atoms with E-state index < -0.39 is 5.97 Å². The van der Waals surface area contributed by atoms with Crippen LogP contribution in [0.2, 0.25) is 0 Å². The summed E-state index contributed by atoms with van der Waals surface area (Å²) in [5, 5.41) is 0. The first-order chi connectivity index (χ1) is 18.9. The zero-order valence-electron chi connectivity index (χ0n) is 22.8. The van der Waals surface area contributed by atoms with Crippen molar-refractivity contribution in [3.63, 3.8) is 0 Å². The highest BCUT2D eigenvalue weighted by Crippen LogP contribution is 2.25. The molecule has 0 spiro atoms. The summed E-state index contributed by atoms with van der Waals surface area (Å²) in [6.45, 7) is 4.77. The molecule has 0 unspecified atom stereocenters. The van der Waals surface area contributed by atoms with Gasteiger partial charge in [-0.2, -0.15) is 0 Å². The van der Waals surface area contributed by atoms with Crippen LogP contribution in [0.3, 0.4) is 0 Å². The molecule has 3 rings (SSSR count). The van der Waals surface area contributed by atoms with Crippen LogP contribution in [0, 0.1) is 0 Å². The second kappa shape index (κ2) is 16.4. The average molecular weight is 535 g/mol. The SMILES string of the molecule is C=CCCCCCCOC1CCC(OC(=O)c2ccc(/C=C/C(=O)OCCc3ccc(N)cc3N)cc2)CC1. The second-order valence-electron chi connectivity index (χ2n) is 10.00. The van der Waals surface area contributed by atoms with Gasteiger partial charge in [0, 0.05) is 30.5 Å². The van der Waals surface area contributed by atoms with Crippen LogP contribution >= 0.6 is 0 Å². The summed E-state index contributed by atoms with van der Waals surface area (Å²) < 4.78 is 17.0. The number of nitrogen functional groups attached to an aromatic ring is 2. The predicted molar refractivity (Wildman–Crippen MR) is 156 cm³/mol. The lowest BCUT2D eigenvalue weighted by molar-refractivity contribution is -0.137. The van der Waals surface area contributed by atoms with Gasteiger partial charge in [-0.15, -0.1) is 6.58 Å². The minimum absolute atomic E-state index is 0.0748. The van der Waals surface area contributed by atoms with E-state index >= 15 is 0 Å². The Morgan fingerprint density at radius 3 is 2.33 bits per heavy atom. The smallest absolute Gasteiger partial charge is 0.338 e. The number of carbonyl (C=O) groups excluding carboxylic acids is 2. The normalized spacial score (nSPS) is 17.1. The Bertz CT molecular complexity index is 1090. The van der Waals surface area contributed by atoms with Gasteiger partial charge in [-0.1, -0.05) is 37.1 Å². The first-order valence-corrected chi connectivity index (χ1v) is 14.0. The molecule has 7 heteroatoms. The van der Waals surface area contributed by atoms with Crippen LogP contribution in [0.15, 0.2) is 61.2 Å². The summed E-state index contributed by atoms with van der Waals surface area (Å²) in [7, 11) is 0. The van der Waals surface area contributed by atoms with Crippen LogP contribution in [0.25, 0.3) is 6.08 Å². The molecule has 2 aromatic carbocycles. The highest BCUT2D eigenvalue weighted by Gasteiger charge is 2.24. The largest absolute Gasteiger partial charge is 0.462 e. The third-order valence-corrected chi connectivity index (χ3v) is 6.89. The van der Waals surface area contributed by atoms with Gasteiger partial charge in [-0.05, 0) is 86.4 Å². The third-order valence-electron chi connectivity index (χ3n) is 6.89. The number of nitrogens with two attached hydrogens (primary N) is 2. The molecule has 0 heterocycles. The fraction of sp³-hybridized carbons (Fsp3) is 0.438. The van der Waals surface area contributed by atoms with Crippen LogP contribution < -0.4 is 11.5 Å². The van der Waals surface area contributed by atoms with Gasteiger partial charge in [0.1, 0.15) is 6.10 Å². The van der Waals surface area contributed by atoms with Crippen LogP contribution in [-0.2, 0) is 25.4 Å². The van der Waals surface area contributed by atoms with Crippen molar-refractivity contribution in [2.75, 3.05) is 24.7 Å². The van der Waals surface area contributed by atoms with E-state index in [0.717, 1.165) is 56.3 Å². The molecule has 1 aliphatic carbocycles. The fourth-order valence-electron chi connectivity index (χ4n) is 4.58. The Morgan fingerprint density at radius 2 is 1.62 bits per heavy atom. The molecule has 1 aliphatic rings. The maximum atomic E-state index is 12.6. The summed E-state index contributed by atoms with van der Waals surface area (Å²) in [5.74, 6) is -0.772. The summed E-state index contributed by atoms with van der Waals surface area (Å²) in [6, 6.07) is 12.3. The van der Waals surface area contributed by atoms with Gasteiger partial charge in [0.05, 0.1) is 18.3 Å². The van der Waals surface area contributed by atoms with Gasteiger partial charge in [0.15, 0.2) is 0 Å². The van der Waals surface area contributed by atoms with E-state index in [1.54, 1.807) is 42.5 Å². The Morgan fingerprint density at radius 1 is 0.897 bits per heavy atom. The van der Waals surface area contributed by atoms with Gasteiger partial charge < -0.3 is 25.7 Å². The Balaban J connectivity index is 1.32. The second-order valence-corrected chi connectivity index (χ2v) is 10.00. The van der Waals surface area contributed by atoms with Crippen molar-refractivity contribution < 1.29 is 23.8 Å². The van der Waals surface area contributed by atoms with Crippen LogP contribution in [0.4, 0.5) is 11.4 Å². The Labute approximate surface area is 232 Å². The van der Waals surface area contributed by atoms with Crippen molar-refractivity contribution in [3.8, 4) is 0 Å². The standard InChI is InChI=1S/C32H42N2O5/c1-2-3-4-5-6-7-21-37-28-15-17-29(18-16-28)39-32(36)26-11-8-24(9-12-26)10-19-31(35)38-22-20-25-13-14-27(33)23-30(25)34/h2,8-14,19,23,28-29H,1,3-7,15-18,20-22,33-34H2/b19-10+. The molecule has 39 heavy (non-hydrogen) atoms. The summed E-state index contributed by atoms with van der Waals surface area (Å²) in [6.07, 6.45) is 15.0. The molecule has 0 amide bonds. The molecule has 210 valence electrons. The zero-order valence-corrected chi connectivity index (χ0v) is 22.8. The molecular formula is C32H42N2O5. The number of unbranched alkanes of at least 4 members (excludes halogenated alkanes) is 4. The molecule has 0 saturated heterocycles. The molecule has 4 N–H and O–H groups in total. The number of allylic oxidation sites excluding steroid dienone is 1. The lowest BCUT2D eigenvalue weighted by Gasteiger charge is -2.28. The zero-order chi connectivity index (χ0) is 27.9. The summed E-state index contributed by atoms with van der Waals surface area (Å²) >= 11 is 0. The van der Waals surface area contributed by atoms with E-state index in [4.69, 9.17) is 25.7 Å². The molecule has 0 bridgehead atoms. The topological polar surface area (TPSA) is 114 Å². The predicted octanol–water partition coefficient (Wildman–Crippen LogP) is 6.27. The molecule has 7 nitrogen and oxygen atoms in total. The van der Waals surface area contributed by atoms with Crippen molar-refractivity contribution in [2.24, 2.45) is 0 Å². The van der Waals surface area contributed by atoms with Gasteiger partial charge in [-0.25, -0.2) is 9.59 Å². The van der Waals surface area contributed by atoms with Crippen molar-refractivity contribution in [1.82, 2.24) is 0 Å². The number of esters is 2. The molecule has 0 radical (unpaired) electrons.